The fourth-order valence-electron chi connectivity index (χ4n) is 3.30. The second-order valence-electron chi connectivity index (χ2n) is 8.93. The minimum Gasteiger partial charge on any atom is -0.467 e. The Morgan fingerprint density at radius 1 is 0.857 bits per heavy atom. The molecule has 3 rings (SSSR count). The van der Waals surface area contributed by atoms with E-state index in [1.807, 2.05) is 12.1 Å². The minimum atomic E-state index is -0.269. The second-order valence-corrected chi connectivity index (χ2v) is 8.93. The molecule has 0 saturated heterocycles. The molecule has 8 nitrogen and oxygen atoms in total. The van der Waals surface area contributed by atoms with Gasteiger partial charge in [-0.1, -0.05) is 45.0 Å². The molecule has 0 atom stereocenters. The normalized spacial score (nSPS) is 14.2. The number of rotatable bonds is 13. The molecule has 0 aromatic heterocycles. The topological polar surface area (TPSA) is 81.7 Å². The lowest BCUT2D eigenvalue weighted by Gasteiger charge is -2.18. The van der Waals surface area contributed by atoms with Crippen LogP contribution in [0.1, 0.15) is 42.3 Å². The van der Waals surface area contributed by atoms with Crippen LogP contribution in [0.25, 0.3) is 6.08 Å². The number of hydrogen-bond acceptors (Lipinski definition) is 8. The Morgan fingerprint density at radius 2 is 1.49 bits per heavy atom. The molecule has 2 aromatic rings. The molecule has 35 heavy (non-hydrogen) atoms. The highest BCUT2D eigenvalue weighted by atomic mass is 16.7. The van der Waals surface area contributed by atoms with Gasteiger partial charge in [0.2, 0.25) is 5.78 Å². The van der Waals surface area contributed by atoms with Gasteiger partial charge < -0.3 is 33.2 Å². The molecular weight excluding hydrogens is 452 g/mol. The highest BCUT2D eigenvalue weighted by molar-refractivity contribution is 6.16. The van der Waals surface area contributed by atoms with Gasteiger partial charge in [0.05, 0.1) is 26.4 Å². The highest BCUT2D eigenvalue weighted by Gasteiger charge is 2.32. The average molecular weight is 487 g/mol. The fraction of sp³-hybridized carbons (Fsp3) is 0.444. The van der Waals surface area contributed by atoms with E-state index < -0.39 is 0 Å². The summed E-state index contributed by atoms with van der Waals surface area (Å²) in [5.41, 5.74) is 2.44. The second kappa shape index (κ2) is 12.7. The Bertz CT molecular complexity index is 1010. The van der Waals surface area contributed by atoms with Gasteiger partial charge in [-0.3, -0.25) is 4.79 Å². The number of ether oxygens (including phenoxy) is 7. The summed E-state index contributed by atoms with van der Waals surface area (Å²) in [5, 5.41) is 0. The third-order valence-corrected chi connectivity index (χ3v) is 5.26. The van der Waals surface area contributed by atoms with Crippen molar-refractivity contribution in [2.24, 2.45) is 0 Å². The standard InChI is InChI=1S/C27H34O8/c1-27(2,3)20-8-6-19(7-9-20)14-24-26(28)25-22(34-18-32-13-11-30-5)15-21(16-23(25)35-24)33-17-31-12-10-29-4/h6-9,14-16H,10-13,17-18H2,1-5H3/b24-14-. The molecule has 8 heteroatoms. The van der Waals surface area contributed by atoms with E-state index in [9.17, 15) is 4.79 Å². The number of benzene rings is 2. The Kier molecular flexibility index (Phi) is 9.68. The lowest BCUT2D eigenvalue weighted by Crippen LogP contribution is -2.10. The minimum absolute atomic E-state index is 0.0166. The van der Waals surface area contributed by atoms with Crippen LogP contribution in [0.15, 0.2) is 42.2 Å². The molecule has 1 heterocycles. The predicted molar refractivity (Wildman–Crippen MR) is 131 cm³/mol. The first-order valence-corrected chi connectivity index (χ1v) is 11.4. The van der Waals surface area contributed by atoms with Crippen molar-refractivity contribution in [3.05, 3.63) is 58.8 Å². The van der Waals surface area contributed by atoms with Crippen LogP contribution in [0, 0.1) is 0 Å². The first-order chi connectivity index (χ1) is 16.8. The number of hydrogen-bond donors (Lipinski definition) is 0. The van der Waals surface area contributed by atoms with Crippen molar-refractivity contribution in [1.82, 2.24) is 0 Å². The van der Waals surface area contributed by atoms with Crippen LogP contribution < -0.4 is 14.2 Å². The summed E-state index contributed by atoms with van der Waals surface area (Å²) in [6, 6.07) is 11.3. The van der Waals surface area contributed by atoms with E-state index in [1.165, 1.54) is 5.56 Å². The Hall–Kier alpha value is -2.91. The monoisotopic (exact) mass is 486 g/mol. The molecule has 0 N–H and O–H groups in total. The van der Waals surface area contributed by atoms with Crippen molar-refractivity contribution in [3.8, 4) is 17.2 Å². The fourth-order valence-corrected chi connectivity index (χ4v) is 3.30. The van der Waals surface area contributed by atoms with Crippen LogP contribution in [0.5, 0.6) is 17.2 Å². The molecule has 0 amide bonds. The molecule has 190 valence electrons. The van der Waals surface area contributed by atoms with Crippen LogP contribution in [0.4, 0.5) is 0 Å². The number of allylic oxidation sites excluding steroid dienone is 1. The van der Waals surface area contributed by atoms with Crippen molar-refractivity contribution < 1.29 is 38.0 Å². The molecule has 0 saturated carbocycles. The Labute approximate surface area is 206 Å². The molecule has 0 unspecified atom stereocenters. The zero-order valence-electron chi connectivity index (χ0n) is 21.1. The maximum Gasteiger partial charge on any atom is 0.235 e. The molecule has 1 aliphatic rings. The van der Waals surface area contributed by atoms with Crippen molar-refractivity contribution in [1.29, 1.82) is 0 Å². The summed E-state index contributed by atoms with van der Waals surface area (Å²) in [4.78, 5) is 13.2. The van der Waals surface area contributed by atoms with E-state index in [1.54, 1.807) is 32.4 Å². The van der Waals surface area contributed by atoms with Crippen LogP contribution in [0.3, 0.4) is 0 Å². The predicted octanol–water partition coefficient (Wildman–Crippen LogP) is 4.60. The summed E-state index contributed by atoms with van der Waals surface area (Å²) in [5.74, 6) is 1.05. The Balaban J connectivity index is 1.79. The first kappa shape index (κ1) is 26.7. The Morgan fingerprint density at radius 3 is 2.09 bits per heavy atom. The van der Waals surface area contributed by atoms with Crippen molar-refractivity contribution in [2.75, 3.05) is 54.2 Å². The van der Waals surface area contributed by atoms with E-state index in [0.29, 0.717) is 49.2 Å². The van der Waals surface area contributed by atoms with Crippen LogP contribution in [-0.4, -0.2) is 60.0 Å². The van der Waals surface area contributed by atoms with Gasteiger partial charge in [-0.15, -0.1) is 0 Å². The molecule has 0 bridgehead atoms. The zero-order chi connectivity index (χ0) is 25.3. The number of carbonyl (C=O) groups excluding carboxylic acids is 1. The molecule has 0 fully saturated rings. The third kappa shape index (κ3) is 7.53. The molecule has 1 aliphatic heterocycles. The zero-order valence-corrected chi connectivity index (χ0v) is 21.1. The first-order valence-electron chi connectivity index (χ1n) is 11.4. The molecule has 0 aliphatic carbocycles. The van der Waals surface area contributed by atoms with E-state index in [2.05, 4.69) is 32.9 Å². The van der Waals surface area contributed by atoms with Gasteiger partial charge in [0.1, 0.15) is 22.8 Å². The average Bonchev–Trinajstić information content (AvgIpc) is 3.13. The SMILES string of the molecule is COCCOCOc1cc(OCOCCOC)c2c(c1)O/C(=C\c1ccc(C(C)(C)C)cc1)C2=O. The number of fused-ring (bicyclic) bond motifs is 1. The van der Waals surface area contributed by atoms with Gasteiger partial charge in [0.15, 0.2) is 19.3 Å². The summed E-state index contributed by atoms with van der Waals surface area (Å²) in [7, 11) is 3.19. The van der Waals surface area contributed by atoms with Gasteiger partial charge in [0, 0.05) is 26.4 Å². The molecule has 2 aromatic carbocycles. The van der Waals surface area contributed by atoms with Crippen molar-refractivity contribution >= 4 is 11.9 Å². The van der Waals surface area contributed by atoms with Crippen LogP contribution in [-0.2, 0) is 24.4 Å². The molecular formula is C27H34O8. The maximum absolute atomic E-state index is 13.2. The molecule has 0 spiro atoms. The lowest BCUT2D eigenvalue weighted by molar-refractivity contribution is -0.0118. The van der Waals surface area contributed by atoms with E-state index in [-0.39, 0.29) is 30.5 Å². The summed E-state index contributed by atoms with van der Waals surface area (Å²) in [6.45, 7) is 8.09. The third-order valence-electron chi connectivity index (χ3n) is 5.26. The summed E-state index contributed by atoms with van der Waals surface area (Å²) >= 11 is 0. The van der Waals surface area contributed by atoms with Gasteiger partial charge in [-0.05, 0) is 22.6 Å². The van der Waals surface area contributed by atoms with E-state index in [0.717, 1.165) is 5.56 Å². The number of Topliss-reactive ketones (excluding diaryl/α,β-unsaturated/α-hetero) is 1. The van der Waals surface area contributed by atoms with Gasteiger partial charge in [-0.2, -0.15) is 0 Å². The number of carbonyl (C=O) groups is 1. The van der Waals surface area contributed by atoms with Crippen LogP contribution in [0.2, 0.25) is 0 Å². The smallest absolute Gasteiger partial charge is 0.235 e. The lowest BCUT2D eigenvalue weighted by atomic mass is 9.86. The summed E-state index contributed by atoms with van der Waals surface area (Å²) < 4.78 is 38.0. The van der Waals surface area contributed by atoms with Crippen molar-refractivity contribution in [2.45, 2.75) is 26.2 Å². The van der Waals surface area contributed by atoms with E-state index >= 15 is 0 Å². The van der Waals surface area contributed by atoms with Gasteiger partial charge in [-0.25, -0.2) is 0 Å². The quantitative estimate of drug-likeness (QED) is 0.231. The van der Waals surface area contributed by atoms with Crippen molar-refractivity contribution in [3.63, 3.8) is 0 Å². The summed E-state index contributed by atoms with van der Waals surface area (Å²) in [6.07, 6.45) is 1.72. The molecule has 0 radical (unpaired) electrons. The van der Waals surface area contributed by atoms with Gasteiger partial charge in [0.25, 0.3) is 0 Å². The highest BCUT2D eigenvalue weighted by Crippen LogP contribution is 2.41. The van der Waals surface area contributed by atoms with E-state index in [4.69, 9.17) is 33.2 Å². The largest absolute Gasteiger partial charge is 0.467 e. The number of ketones is 1. The maximum atomic E-state index is 13.2. The van der Waals surface area contributed by atoms with Gasteiger partial charge >= 0.3 is 0 Å². The number of methoxy groups -OCH3 is 2. The van der Waals surface area contributed by atoms with Crippen LogP contribution >= 0.6 is 0 Å².